The van der Waals surface area contributed by atoms with Gasteiger partial charge in [0.1, 0.15) is 0 Å². The van der Waals surface area contributed by atoms with Crippen molar-refractivity contribution < 1.29 is 9.47 Å². The van der Waals surface area contributed by atoms with Crippen molar-refractivity contribution in [1.82, 2.24) is 5.32 Å². The zero-order valence-electron chi connectivity index (χ0n) is 9.96. The predicted octanol–water partition coefficient (Wildman–Crippen LogP) is 1.82. The topological polar surface area (TPSA) is 30.5 Å². The van der Waals surface area contributed by atoms with Crippen LogP contribution in [-0.4, -0.2) is 40.0 Å². The maximum Gasteiger partial charge on any atom is 0.0587 e. The van der Waals surface area contributed by atoms with E-state index < -0.39 is 0 Å². The van der Waals surface area contributed by atoms with Crippen LogP contribution in [0.4, 0.5) is 0 Å². The highest BCUT2D eigenvalue weighted by atomic mass is 16.5. The van der Waals surface area contributed by atoms with E-state index in [1.807, 2.05) is 0 Å². The zero-order chi connectivity index (χ0) is 10.8. The van der Waals surface area contributed by atoms with Gasteiger partial charge < -0.3 is 14.8 Å². The first kappa shape index (κ1) is 12.9. The molecule has 0 atom stereocenters. The van der Waals surface area contributed by atoms with Crippen LogP contribution < -0.4 is 5.32 Å². The van der Waals surface area contributed by atoms with Crippen LogP contribution in [0.2, 0.25) is 0 Å². The highest BCUT2D eigenvalue weighted by Gasteiger charge is 2.14. The summed E-state index contributed by atoms with van der Waals surface area (Å²) in [6, 6.07) is 0. The summed E-state index contributed by atoms with van der Waals surface area (Å²) in [4.78, 5) is 0. The number of nitrogens with one attached hydrogen (secondary N) is 1. The minimum absolute atomic E-state index is 0.795. The number of rotatable bonds is 9. The van der Waals surface area contributed by atoms with E-state index in [2.05, 4.69) is 5.32 Å². The lowest BCUT2D eigenvalue weighted by atomic mass is 10.1. The van der Waals surface area contributed by atoms with Gasteiger partial charge in [-0.05, 0) is 31.7 Å². The highest BCUT2D eigenvalue weighted by Crippen LogP contribution is 2.24. The van der Waals surface area contributed by atoms with Crippen molar-refractivity contribution in [2.24, 2.45) is 5.92 Å². The summed E-state index contributed by atoms with van der Waals surface area (Å²) < 4.78 is 10.6. The Labute approximate surface area is 93.5 Å². The highest BCUT2D eigenvalue weighted by molar-refractivity contribution is 4.66. The molecule has 0 aromatic carbocycles. The lowest BCUT2D eigenvalue weighted by Crippen LogP contribution is -2.21. The fourth-order valence-electron chi connectivity index (χ4n) is 2.03. The molecule has 0 unspecified atom stereocenters. The first-order valence-corrected chi connectivity index (χ1v) is 6.21. The van der Waals surface area contributed by atoms with Crippen molar-refractivity contribution in [3.8, 4) is 0 Å². The van der Waals surface area contributed by atoms with Crippen LogP contribution >= 0.6 is 0 Å². The molecule has 1 aliphatic rings. The first-order valence-electron chi connectivity index (χ1n) is 6.21. The van der Waals surface area contributed by atoms with Gasteiger partial charge in [-0.15, -0.1) is 0 Å². The predicted molar refractivity (Wildman–Crippen MR) is 62.1 cm³/mol. The van der Waals surface area contributed by atoms with Gasteiger partial charge in [0.2, 0.25) is 0 Å². The number of methoxy groups -OCH3 is 1. The van der Waals surface area contributed by atoms with Gasteiger partial charge in [-0.2, -0.15) is 0 Å². The number of hydrogen-bond acceptors (Lipinski definition) is 3. The quantitative estimate of drug-likeness (QED) is 0.595. The van der Waals surface area contributed by atoms with E-state index in [9.17, 15) is 0 Å². The molecule has 0 radical (unpaired) electrons. The van der Waals surface area contributed by atoms with Crippen LogP contribution in [0.3, 0.4) is 0 Å². The Balaban J connectivity index is 1.73. The maximum absolute atomic E-state index is 5.65. The summed E-state index contributed by atoms with van der Waals surface area (Å²) in [6.07, 6.45) is 6.69. The van der Waals surface area contributed by atoms with E-state index >= 15 is 0 Å². The molecule has 0 amide bonds. The molecule has 15 heavy (non-hydrogen) atoms. The van der Waals surface area contributed by atoms with Crippen molar-refractivity contribution >= 4 is 0 Å². The number of ether oxygens (including phenoxy) is 2. The molecule has 0 heterocycles. The minimum atomic E-state index is 0.795. The second-order valence-corrected chi connectivity index (χ2v) is 4.32. The average molecular weight is 215 g/mol. The van der Waals surface area contributed by atoms with Crippen molar-refractivity contribution in [2.45, 2.75) is 32.1 Å². The molecule has 90 valence electrons. The van der Waals surface area contributed by atoms with E-state index in [0.717, 1.165) is 45.2 Å². The maximum atomic E-state index is 5.65. The van der Waals surface area contributed by atoms with Crippen molar-refractivity contribution in [3.63, 3.8) is 0 Å². The molecule has 3 nitrogen and oxygen atoms in total. The Morgan fingerprint density at radius 2 is 1.93 bits per heavy atom. The first-order chi connectivity index (χ1) is 7.43. The van der Waals surface area contributed by atoms with E-state index in [1.165, 1.54) is 25.7 Å². The smallest absolute Gasteiger partial charge is 0.0587 e. The van der Waals surface area contributed by atoms with Crippen LogP contribution in [-0.2, 0) is 9.47 Å². The molecular weight excluding hydrogens is 190 g/mol. The molecule has 1 aliphatic carbocycles. The van der Waals surface area contributed by atoms with Gasteiger partial charge in [0, 0.05) is 26.9 Å². The van der Waals surface area contributed by atoms with Gasteiger partial charge in [-0.1, -0.05) is 12.8 Å². The van der Waals surface area contributed by atoms with Crippen molar-refractivity contribution in [1.29, 1.82) is 0 Å². The lowest BCUT2D eigenvalue weighted by Gasteiger charge is -2.09. The molecule has 1 rings (SSSR count). The van der Waals surface area contributed by atoms with Gasteiger partial charge in [-0.3, -0.25) is 0 Å². The van der Waals surface area contributed by atoms with Gasteiger partial charge in [-0.25, -0.2) is 0 Å². The van der Waals surface area contributed by atoms with Gasteiger partial charge in [0.05, 0.1) is 6.61 Å². The van der Waals surface area contributed by atoms with Crippen LogP contribution in [0.1, 0.15) is 32.1 Å². The average Bonchev–Trinajstić information content (AvgIpc) is 2.75. The molecule has 1 N–H and O–H groups in total. The fourth-order valence-corrected chi connectivity index (χ4v) is 2.03. The zero-order valence-corrected chi connectivity index (χ0v) is 9.96. The van der Waals surface area contributed by atoms with E-state index in [0.29, 0.717) is 0 Å². The fraction of sp³-hybridized carbons (Fsp3) is 1.00. The van der Waals surface area contributed by atoms with Gasteiger partial charge in [0.15, 0.2) is 0 Å². The summed E-state index contributed by atoms with van der Waals surface area (Å²) in [5.74, 6) is 0.853. The van der Waals surface area contributed by atoms with Crippen molar-refractivity contribution in [3.05, 3.63) is 0 Å². The van der Waals surface area contributed by atoms with Crippen LogP contribution in [0.5, 0.6) is 0 Å². The summed E-state index contributed by atoms with van der Waals surface area (Å²) in [5, 5.41) is 3.31. The van der Waals surface area contributed by atoms with E-state index in [-0.39, 0.29) is 0 Å². The molecule has 1 fully saturated rings. The largest absolute Gasteiger partial charge is 0.383 e. The monoisotopic (exact) mass is 215 g/mol. The van der Waals surface area contributed by atoms with E-state index in [1.54, 1.807) is 7.11 Å². The molecule has 0 spiro atoms. The lowest BCUT2D eigenvalue weighted by molar-refractivity contribution is 0.0988. The second-order valence-electron chi connectivity index (χ2n) is 4.32. The molecule has 0 aliphatic heterocycles. The Morgan fingerprint density at radius 1 is 1.13 bits per heavy atom. The normalized spacial score (nSPS) is 17.4. The summed E-state index contributed by atoms with van der Waals surface area (Å²) >= 11 is 0. The van der Waals surface area contributed by atoms with Crippen molar-refractivity contribution in [2.75, 3.05) is 40.0 Å². The second kappa shape index (κ2) is 9.13. The molecule has 0 bridgehead atoms. The molecular formula is C12H25NO2. The number of hydrogen-bond donors (Lipinski definition) is 1. The molecule has 1 saturated carbocycles. The van der Waals surface area contributed by atoms with Gasteiger partial charge >= 0.3 is 0 Å². The molecule has 0 aromatic rings. The molecule has 3 heteroatoms. The molecule has 0 aromatic heterocycles. The third kappa shape index (κ3) is 6.88. The van der Waals surface area contributed by atoms with Crippen LogP contribution in [0.25, 0.3) is 0 Å². The third-order valence-corrected chi connectivity index (χ3v) is 2.95. The minimum Gasteiger partial charge on any atom is -0.383 e. The van der Waals surface area contributed by atoms with Crippen LogP contribution in [0.15, 0.2) is 0 Å². The summed E-state index contributed by atoms with van der Waals surface area (Å²) in [7, 11) is 1.73. The molecule has 0 saturated heterocycles. The van der Waals surface area contributed by atoms with Gasteiger partial charge in [0.25, 0.3) is 0 Å². The SMILES string of the molecule is COCCNCCCOCC1CCCC1. The third-order valence-electron chi connectivity index (χ3n) is 2.95. The Kier molecular flexibility index (Phi) is 7.88. The summed E-state index contributed by atoms with van der Waals surface area (Å²) in [6.45, 7) is 4.66. The Morgan fingerprint density at radius 3 is 2.67 bits per heavy atom. The summed E-state index contributed by atoms with van der Waals surface area (Å²) in [5.41, 5.74) is 0. The Hall–Kier alpha value is -0.120. The van der Waals surface area contributed by atoms with Crippen LogP contribution in [0, 0.1) is 5.92 Å². The Bertz CT molecular complexity index is 136. The van der Waals surface area contributed by atoms with E-state index in [4.69, 9.17) is 9.47 Å². The standard InChI is InChI=1S/C12H25NO2/c1-14-10-8-13-7-4-9-15-11-12-5-2-3-6-12/h12-13H,2-11H2,1H3.